The molecule has 4 aromatic heterocycles. The topological polar surface area (TPSA) is 377 Å². The monoisotopic (exact) mass is 1610 g/mol. The van der Waals surface area contributed by atoms with E-state index in [4.69, 9.17) is 35.2 Å². The zero-order chi connectivity index (χ0) is 87.6. The number of pyridine rings is 4. The lowest BCUT2D eigenvalue weighted by molar-refractivity contribution is -0.240. The fourth-order valence-electron chi connectivity index (χ4n) is 13.4. The van der Waals surface area contributed by atoms with Crippen LogP contribution < -0.4 is 33.3 Å². The highest BCUT2D eigenvalue weighted by Gasteiger charge is 2.54. The number of nitriles is 2. The summed E-state index contributed by atoms with van der Waals surface area (Å²) in [6.45, 7) is 24.2. The summed E-state index contributed by atoms with van der Waals surface area (Å²) in [6.07, 6.45) is 4.99. The van der Waals surface area contributed by atoms with Gasteiger partial charge in [0.2, 0.25) is 11.5 Å². The number of hydrogen-bond donors (Lipinski definition) is 6. The Morgan fingerprint density at radius 3 is 1.12 bits per heavy atom. The number of aryl methyl sites for hydroxylation is 4. The molecule has 117 heavy (non-hydrogen) atoms. The molecule has 4 heterocycles. The summed E-state index contributed by atoms with van der Waals surface area (Å²) in [5.41, 5.74) is 4.36. The molecule has 0 aliphatic heterocycles. The summed E-state index contributed by atoms with van der Waals surface area (Å²) >= 11 is 0. The van der Waals surface area contributed by atoms with Gasteiger partial charge in [-0.2, -0.15) is 23.7 Å². The zero-order valence-electron chi connectivity index (χ0n) is 69.2. The third kappa shape index (κ3) is 22.6. The van der Waals surface area contributed by atoms with Crippen LogP contribution in [0.15, 0.2) is 96.6 Å². The molecule has 2 unspecified atom stereocenters. The summed E-state index contributed by atoms with van der Waals surface area (Å²) in [6, 6.07) is 10.2. The van der Waals surface area contributed by atoms with Crippen LogP contribution in [0.25, 0.3) is 22.3 Å². The van der Waals surface area contributed by atoms with Crippen molar-refractivity contribution < 1.29 is 76.5 Å². The third-order valence-electron chi connectivity index (χ3n) is 19.5. The van der Waals surface area contributed by atoms with Crippen LogP contribution in [0.5, 0.6) is 0 Å². The minimum Gasteiger partial charge on any atom is -0.461 e. The number of amides is 1. The first-order valence-corrected chi connectivity index (χ1v) is 37.7. The highest BCUT2D eigenvalue weighted by Crippen LogP contribution is 2.43. The molecule has 0 bridgehead atoms. The maximum absolute atomic E-state index is 13.8. The van der Waals surface area contributed by atoms with Gasteiger partial charge in [-0.3, -0.25) is 24.0 Å². The Kier molecular flexibility index (Phi) is 29.2. The molecule has 0 radical (unpaired) electrons. The molecule has 5 aromatic rings. The molecular formula is C89H99F3N8O17. The van der Waals surface area contributed by atoms with Crippen molar-refractivity contribution in [3.05, 3.63) is 191 Å². The number of allylic oxidation sites excluding steroid dienone is 4. The number of nitrogens with two attached hydrogens (primary N) is 1. The maximum atomic E-state index is 13.8. The smallest absolute Gasteiger partial charge is 0.433 e. The summed E-state index contributed by atoms with van der Waals surface area (Å²) < 4.78 is 68.7. The summed E-state index contributed by atoms with van der Waals surface area (Å²) in [4.78, 5) is 113. The van der Waals surface area contributed by atoms with Crippen molar-refractivity contribution in [1.29, 1.82) is 10.5 Å². The lowest BCUT2D eigenvalue weighted by atomic mass is 9.92. The summed E-state index contributed by atoms with van der Waals surface area (Å²) in [5, 5.41) is 60.9. The van der Waals surface area contributed by atoms with E-state index in [1.807, 2.05) is 38.8 Å². The van der Waals surface area contributed by atoms with Crippen LogP contribution in [0.3, 0.4) is 0 Å². The molecule has 2 atom stereocenters. The van der Waals surface area contributed by atoms with Gasteiger partial charge in [0, 0.05) is 171 Å². The Bertz CT molecular complexity index is 5600. The van der Waals surface area contributed by atoms with Crippen molar-refractivity contribution in [2.24, 2.45) is 39.8 Å². The Morgan fingerprint density at radius 1 is 0.504 bits per heavy atom. The molecule has 1 aromatic carbocycles. The van der Waals surface area contributed by atoms with Gasteiger partial charge >= 0.3 is 30.1 Å². The Balaban J connectivity index is 0.000000216. The van der Waals surface area contributed by atoms with E-state index in [2.05, 4.69) is 46.8 Å². The molecule has 25 nitrogen and oxygen atoms in total. The van der Waals surface area contributed by atoms with Crippen LogP contribution in [-0.4, -0.2) is 129 Å². The standard InChI is InChI=1S/C24H19F3N2O4.C23H30N2O5.C21H22N2O4.C21H28N2O4/c1-15-13-18-20(19(15)22(31)33-12-6-11-28)16(14-29(2)21(18)30)9-10-23(32,24(25,26)27)17-7-4-3-5-8-17;1-14-12-17-19(16(8-9-22(3,4)29)13-25(7)20(17)27)18(14)21(28)30-23(5,6)10-11-24-15(2)26;1-13-11-16-18(17(13)20(25)27-10-4-9-22)14(12-23(3)19(16)24)7-8-21(2,26)15-5-6-15;1-13-11-15-17(16(13)19(25)27-21(4,5)9-10-22)14(7-8-20(2,3)26)12-23(6)18(15)24/h3-5,7-8,14,32H,6,12-13H2,1-2H3;13,29H,10-12H2,1-7H3,(H,24,26);12,15,26H,4-6,10-11H2,1-3H3;12,26H,9-11,22H2,1-6H3. The Hall–Kier alpha value is -11.9. The molecule has 1 amide bonds. The average molecular weight is 1610 g/mol. The molecule has 28 heteroatoms. The number of carbonyl (C=O) groups excluding carboxylic acids is 5. The van der Waals surface area contributed by atoms with Crippen LogP contribution in [0, 0.1) is 75.9 Å². The maximum Gasteiger partial charge on any atom is 0.433 e. The highest BCUT2D eigenvalue weighted by molar-refractivity contribution is 6.22. The number of benzene rings is 1. The van der Waals surface area contributed by atoms with Gasteiger partial charge < -0.3 is 68.7 Å². The molecule has 5 aliphatic rings. The minimum atomic E-state index is -5.12. The summed E-state index contributed by atoms with van der Waals surface area (Å²) in [7, 11) is 6.34. The number of alkyl halides is 3. The number of aliphatic hydroxyl groups is 4. The van der Waals surface area contributed by atoms with Gasteiger partial charge in [0.05, 0.1) is 47.3 Å². The van der Waals surface area contributed by atoms with Gasteiger partial charge in [-0.05, 0) is 128 Å². The Labute approximate surface area is 677 Å². The van der Waals surface area contributed by atoms with Crippen molar-refractivity contribution >= 4 is 52.1 Å². The van der Waals surface area contributed by atoms with Gasteiger partial charge in [0.25, 0.3) is 22.2 Å². The number of halogens is 3. The van der Waals surface area contributed by atoms with E-state index in [1.165, 1.54) is 52.1 Å². The number of carbonyl (C=O) groups is 5. The quantitative estimate of drug-likeness (QED) is 0.0223. The molecule has 1 saturated carbocycles. The van der Waals surface area contributed by atoms with Crippen LogP contribution in [0.4, 0.5) is 13.2 Å². The predicted octanol–water partition coefficient (Wildman–Crippen LogP) is 7.85. The predicted molar refractivity (Wildman–Crippen MR) is 431 cm³/mol. The number of hydrogen-bond acceptors (Lipinski definition) is 20. The van der Waals surface area contributed by atoms with Gasteiger partial charge in [0.1, 0.15) is 41.2 Å². The van der Waals surface area contributed by atoms with Gasteiger partial charge in [-0.15, -0.1) is 0 Å². The van der Waals surface area contributed by atoms with Crippen molar-refractivity contribution in [3.63, 3.8) is 0 Å². The number of ether oxygens (including phenoxy) is 4. The van der Waals surface area contributed by atoms with E-state index in [-0.39, 0.29) is 83.2 Å². The third-order valence-corrected chi connectivity index (χ3v) is 19.5. The van der Waals surface area contributed by atoms with Gasteiger partial charge in [-0.25, -0.2) is 19.2 Å². The molecule has 10 rings (SSSR count). The van der Waals surface area contributed by atoms with E-state index >= 15 is 0 Å². The first kappa shape index (κ1) is 92.3. The van der Waals surface area contributed by atoms with Gasteiger partial charge in [0.15, 0.2) is 0 Å². The van der Waals surface area contributed by atoms with Crippen LogP contribution in [0.2, 0.25) is 0 Å². The van der Waals surface area contributed by atoms with Crippen molar-refractivity contribution in [2.75, 3.05) is 26.3 Å². The normalized spacial score (nSPS) is 14.8. The molecule has 7 N–H and O–H groups in total. The number of nitrogens with one attached hydrogen (secondary N) is 1. The number of esters is 4. The molecule has 1 fully saturated rings. The van der Waals surface area contributed by atoms with Crippen molar-refractivity contribution in [3.8, 4) is 59.5 Å². The Morgan fingerprint density at radius 2 is 0.821 bits per heavy atom. The molecule has 5 aliphatic carbocycles. The van der Waals surface area contributed by atoms with E-state index in [0.29, 0.717) is 118 Å². The molecular weight excluding hydrogens is 1510 g/mol. The first-order valence-electron chi connectivity index (χ1n) is 37.7. The second kappa shape index (κ2) is 37.0. The number of rotatable bonds is 17. The average Bonchev–Trinajstić information content (AvgIpc) is 1.65. The first-order chi connectivity index (χ1) is 54.3. The van der Waals surface area contributed by atoms with E-state index < -0.39 is 74.8 Å². The fourth-order valence-corrected chi connectivity index (χ4v) is 13.4. The van der Waals surface area contributed by atoms with Gasteiger partial charge in [-0.1, -0.05) is 94.1 Å². The largest absolute Gasteiger partial charge is 0.461 e. The highest BCUT2D eigenvalue weighted by atomic mass is 19.4. The van der Waals surface area contributed by atoms with Crippen LogP contribution in [-0.2, 0) is 102 Å². The van der Waals surface area contributed by atoms with E-state index in [1.54, 1.807) is 109 Å². The van der Waals surface area contributed by atoms with E-state index in [9.17, 15) is 76.7 Å². The minimum absolute atomic E-state index is 0.00366. The summed E-state index contributed by atoms with van der Waals surface area (Å²) in [5.74, 6) is 19.2. The second-order valence-corrected chi connectivity index (χ2v) is 31.9. The number of fused-ring (bicyclic) bond motifs is 4. The lowest BCUT2D eigenvalue weighted by Gasteiger charge is -2.26. The number of nitrogens with zero attached hydrogens (tertiary/aromatic N) is 6. The van der Waals surface area contributed by atoms with E-state index in [0.717, 1.165) is 46.3 Å². The van der Waals surface area contributed by atoms with Crippen molar-refractivity contribution in [2.45, 2.75) is 201 Å². The van der Waals surface area contributed by atoms with Crippen LogP contribution in [0.1, 0.15) is 208 Å². The molecule has 0 spiro atoms. The van der Waals surface area contributed by atoms with Crippen LogP contribution >= 0.6 is 0 Å². The zero-order valence-corrected chi connectivity index (χ0v) is 69.2. The molecule has 0 saturated heterocycles. The second-order valence-electron chi connectivity index (χ2n) is 31.9. The number of aromatic nitrogens is 4. The SMILES string of the molecule is CC(=O)NCCC(C)(C)OC(=O)C1=C(C)Cc2c1c(C#CC(C)(C)O)cn(C)c2=O.CC1=C(C(=O)OC(C)(C)CCN)c2c(C#CC(C)(C)O)cn(C)c(=O)c2C1.CC1=C(C(=O)OCCC#N)c2c(C#CC(C)(O)C3CC3)cn(C)c(=O)c2C1.CC1=C(C(=O)OCCC#N)c2c(C#CC(O)(c3ccccc3)C(F)(F)F)cn(C)c(=O)c2C1. The van der Waals surface area contributed by atoms with Crippen molar-refractivity contribution in [1.82, 2.24) is 23.6 Å². The lowest BCUT2D eigenvalue weighted by Crippen LogP contribution is -2.41. The molecule has 618 valence electrons. The fraction of sp³-hybridized carbons (Fsp3) is 0.449.